The number of fused-ring (bicyclic) bond motifs is 1. The van der Waals surface area contributed by atoms with E-state index in [4.69, 9.17) is 21.1 Å². The molecule has 0 atom stereocenters. The van der Waals surface area contributed by atoms with Crippen molar-refractivity contribution in [1.29, 1.82) is 0 Å². The molecule has 3 aromatic carbocycles. The van der Waals surface area contributed by atoms with E-state index in [1.54, 1.807) is 67.8 Å². The number of hydrogen-bond acceptors (Lipinski definition) is 7. The predicted octanol–water partition coefficient (Wildman–Crippen LogP) is 5.61. The Bertz CT molecular complexity index is 1870. The summed E-state index contributed by atoms with van der Waals surface area (Å²) in [6.45, 7) is 0.0111. The molecule has 204 valence electrons. The van der Waals surface area contributed by atoms with Crippen molar-refractivity contribution in [1.82, 2.24) is 14.8 Å². The van der Waals surface area contributed by atoms with E-state index in [-0.39, 0.29) is 22.8 Å². The molecule has 5 rings (SSSR count). The number of nitrogens with zero attached hydrogens (tertiary/aromatic N) is 4. The molecule has 0 bridgehead atoms. The van der Waals surface area contributed by atoms with Gasteiger partial charge in [0.15, 0.2) is 5.82 Å². The summed E-state index contributed by atoms with van der Waals surface area (Å²) >= 11 is 9.71. The topological polar surface area (TPSA) is 104 Å². The number of rotatable bonds is 8. The minimum Gasteiger partial charge on any atom is -0.497 e. The van der Waals surface area contributed by atoms with Crippen molar-refractivity contribution in [3.63, 3.8) is 0 Å². The molecule has 9 nitrogen and oxygen atoms in total. The number of methoxy groups -OCH3 is 2. The van der Waals surface area contributed by atoms with Crippen LogP contribution in [0.25, 0.3) is 16.6 Å². The maximum atomic E-state index is 14.0. The largest absolute Gasteiger partial charge is 0.497 e. The summed E-state index contributed by atoms with van der Waals surface area (Å²) in [4.78, 5) is 13.0. The number of benzene rings is 3. The van der Waals surface area contributed by atoms with Crippen LogP contribution in [0, 0.1) is 0 Å². The van der Waals surface area contributed by atoms with Gasteiger partial charge in [0, 0.05) is 22.1 Å². The van der Waals surface area contributed by atoms with E-state index < -0.39 is 10.0 Å². The SMILES string of the molecule is COc1ccc(CN(c2cccnn2)S(=O)(=O)c2ccc3c(ccc(=O)n3-c3cc(Cl)c(Br)cc3OC)c2)cc1. The Labute approximate surface area is 243 Å². The summed E-state index contributed by atoms with van der Waals surface area (Å²) in [7, 11) is -1.06. The summed E-state index contributed by atoms with van der Waals surface area (Å²) in [6, 6.07) is 21.1. The molecule has 0 aliphatic carbocycles. The summed E-state index contributed by atoms with van der Waals surface area (Å²) in [5.74, 6) is 1.23. The van der Waals surface area contributed by atoms with Gasteiger partial charge in [-0.25, -0.2) is 12.7 Å². The molecule has 0 saturated carbocycles. The first-order valence-electron chi connectivity index (χ1n) is 11.9. The van der Waals surface area contributed by atoms with E-state index in [2.05, 4.69) is 26.1 Å². The van der Waals surface area contributed by atoms with Gasteiger partial charge < -0.3 is 9.47 Å². The fourth-order valence-electron chi connectivity index (χ4n) is 4.23. The average Bonchev–Trinajstić information content (AvgIpc) is 2.97. The summed E-state index contributed by atoms with van der Waals surface area (Å²) in [5.41, 5.74) is 1.29. The van der Waals surface area contributed by atoms with Crippen LogP contribution in [0.1, 0.15) is 5.56 Å². The van der Waals surface area contributed by atoms with Gasteiger partial charge in [-0.05, 0) is 82.2 Å². The summed E-state index contributed by atoms with van der Waals surface area (Å²) in [6.07, 6.45) is 1.47. The van der Waals surface area contributed by atoms with E-state index in [0.29, 0.717) is 37.6 Å². The van der Waals surface area contributed by atoms with Gasteiger partial charge in [-0.1, -0.05) is 23.7 Å². The smallest absolute Gasteiger partial charge is 0.265 e. The lowest BCUT2D eigenvalue weighted by Crippen LogP contribution is -2.31. The molecular formula is C28H22BrClN4O5S. The zero-order chi connectivity index (χ0) is 28.4. The van der Waals surface area contributed by atoms with Crippen LogP contribution in [0.3, 0.4) is 0 Å². The van der Waals surface area contributed by atoms with Crippen LogP contribution in [0.4, 0.5) is 5.82 Å². The highest BCUT2D eigenvalue weighted by Gasteiger charge is 2.27. The molecule has 5 aromatic rings. The molecule has 12 heteroatoms. The van der Waals surface area contributed by atoms with Crippen LogP contribution in [0.15, 0.2) is 99.2 Å². The highest BCUT2D eigenvalue weighted by Crippen LogP contribution is 2.34. The van der Waals surface area contributed by atoms with E-state index in [1.165, 1.54) is 40.4 Å². The molecule has 0 aliphatic heterocycles. The molecule has 2 heterocycles. The van der Waals surface area contributed by atoms with Crippen LogP contribution in [-0.2, 0) is 16.6 Å². The normalized spacial score (nSPS) is 11.4. The second kappa shape index (κ2) is 11.3. The third-order valence-corrected chi connectivity index (χ3v) is 9.16. The van der Waals surface area contributed by atoms with Gasteiger partial charge in [-0.2, -0.15) is 5.10 Å². The third kappa shape index (κ3) is 5.27. The molecule has 40 heavy (non-hydrogen) atoms. The van der Waals surface area contributed by atoms with Gasteiger partial charge in [0.05, 0.1) is 41.9 Å². The Hall–Kier alpha value is -3.93. The van der Waals surface area contributed by atoms with Gasteiger partial charge in [-0.15, -0.1) is 5.10 Å². The minimum absolute atomic E-state index is 0.0111. The Morgan fingerprint density at radius 1 is 0.975 bits per heavy atom. The van der Waals surface area contributed by atoms with E-state index >= 15 is 0 Å². The third-order valence-electron chi connectivity index (χ3n) is 6.22. The first-order chi connectivity index (χ1) is 19.2. The Balaban J connectivity index is 1.63. The van der Waals surface area contributed by atoms with Crippen LogP contribution in [0.5, 0.6) is 11.5 Å². The van der Waals surface area contributed by atoms with Crippen molar-refractivity contribution in [3.05, 3.63) is 110 Å². The maximum Gasteiger partial charge on any atom is 0.265 e. The number of aromatic nitrogens is 3. The molecule has 0 amide bonds. The zero-order valence-corrected chi connectivity index (χ0v) is 24.4. The first-order valence-corrected chi connectivity index (χ1v) is 14.5. The summed E-state index contributed by atoms with van der Waals surface area (Å²) < 4.78 is 42.0. The Morgan fingerprint density at radius 2 is 1.75 bits per heavy atom. The molecule has 0 unspecified atom stereocenters. The second-order valence-corrected chi connectivity index (χ2v) is 11.7. The molecule has 0 fully saturated rings. The Kier molecular flexibility index (Phi) is 7.79. The molecule has 0 radical (unpaired) electrons. The van der Waals surface area contributed by atoms with Crippen LogP contribution < -0.4 is 19.3 Å². The average molecular weight is 642 g/mol. The quantitative estimate of drug-likeness (QED) is 0.217. The monoisotopic (exact) mass is 640 g/mol. The number of pyridine rings is 1. The lowest BCUT2D eigenvalue weighted by molar-refractivity contribution is 0.412. The molecular weight excluding hydrogens is 620 g/mol. The molecule has 2 aromatic heterocycles. The number of ether oxygens (including phenoxy) is 2. The fraction of sp³-hybridized carbons (Fsp3) is 0.107. The van der Waals surface area contributed by atoms with Gasteiger partial charge in [0.1, 0.15) is 11.5 Å². The minimum atomic E-state index is -4.11. The highest BCUT2D eigenvalue weighted by molar-refractivity contribution is 9.10. The van der Waals surface area contributed by atoms with Crippen molar-refractivity contribution in [2.75, 3.05) is 18.5 Å². The second-order valence-electron chi connectivity index (χ2n) is 8.61. The maximum absolute atomic E-state index is 14.0. The fourth-order valence-corrected chi connectivity index (χ4v) is 6.14. The zero-order valence-electron chi connectivity index (χ0n) is 21.3. The Morgan fingerprint density at radius 3 is 2.42 bits per heavy atom. The van der Waals surface area contributed by atoms with Crippen LogP contribution in [-0.4, -0.2) is 37.4 Å². The van der Waals surface area contributed by atoms with Crippen LogP contribution >= 0.6 is 27.5 Å². The van der Waals surface area contributed by atoms with E-state index in [1.807, 2.05) is 0 Å². The molecule has 0 aliphatic rings. The van der Waals surface area contributed by atoms with Crippen molar-refractivity contribution < 1.29 is 17.9 Å². The summed E-state index contributed by atoms with van der Waals surface area (Å²) in [5, 5.41) is 8.84. The van der Waals surface area contributed by atoms with Crippen molar-refractivity contribution in [2.24, 2.45) is 0 Å². The highest BCUT2D eigenvalue weighted by atomic mass is 79.9. The molecule has 0 spiro atoms. The van der Waals surface area contributed by atoms with E-state index in [9.17, 15) is 13.2 Å². The lowest BCUT2D eigenvalue weighted by Gasteiger charge is -2.23. The van der Waals surface area contributed by atoms with Crippen molar-refractivity contribution in [2.45, 2.75) is 11.4 Å². The van der Waals surface area contributed by atoms with Gasteiger partial charge in [0.25, 0.3) is 15.6 Å². The lowest BCUT2D eigenvalue weighted by atomic mass is 10.2. The number of hydrogen-bond donors (Lipinski definition) is 0. The molecule has 0 saturated heterocycles. The van der Waals surface area contributed by atoms with Gasteiger partial charge >= 0.3 is 0 Å². The number of anilines is 1. The van der Waals surface area contributed by atoms with Crippen LogP contribution in [0.2, 0.25) is 5.02 Å². The molecule has 0 N–H and O–H groups in total. The standard InChI is InChI=1S/C28H22BrClN4O5S/c1-38-20-8-5-18(6-9-20)17-33(27-4-3-13-31-32-27)40(36,37)21-10-11-24-19(14-21)7-12-28(35)34(24)25-16-23(30)22(29)15-26(25)39-2/h3-16H,17H2,1-2H3. The number of halogens is 2. The van der Waals surface area contributed by atoms with Crippen molar-refractivity contribution in [3.8, 4) is 17.2 Å². The van der Waals surface area contributed by atoms with Gasteiger partial charge in [-0.3, -0.25) is 9.36 Å². The number of sulfonamides is 1. The predicted molar refractivity (Wildman–Crippen MR) is 157 cm³/mol. The van der Waals surface area contributed by atoms with Gasteiger partial charge in [0.2, 0.25) is 0 Å². The van der Waals surface area contributed by atoms with Crippen molar-refractivity contribution >= 4 is 54.3 Å². The first kappa shape index (κ1) is 27.6. The van der Waals surface area contributed by atoms with E-state index in [0.717, 1.165) is 5.56 Å².